The quantitative estimate of drug-likeness (QED) is 0.716. The van der Waals surface area contributed by atoms with Crippen molar-refractivity contribution < 1.29 is 13.6 Å². The Morgan fingerprint density at radius 3 is 3.08 bits per heavy atom. The topological polar surface area (TPSA) is 69.5 Å². The summed E-state index contributed by atoms with van der Waals surface area (Å²) in [4.78, 5) is 6.93. The van der Waals surface area contributed by atoms with Gasteiger partial charge in [0.15, 0.2) is 5.76 Å². The Bertz CT molecular complexity index is 764. The molecule has 1 aliphatic heterocycles. The monoisotopic (exact) mass is 328 g/mol. The van der Waals surface area contributed by atoms with Crippen molar-refractivity contribution in [1.82, 2.24) is 19.7 Å². The molecule has 4 heterocycles. The van der Waals surface area contributed by atoms with Crippen molar-refractivity contribution in [3.63, 3.8) is 0 Å². The molecule has 4 rings (SSSR count). The van der Waals surface area contributed by atoms with E-state index in [4.69, 9.17) is 13.6 Å². The van der Waals surface area contributed by atoms with Gasteiger partial charge in [0, 0.05) is 32.0 Å². The minimum absolute atomic E-state index is 0.135. The second-order valence-corrected chi connectivity index (χ2v) is 5.96. The average molecular weight is 328 g/mol. The normalized spacial score (nSPS) is 19.0. The van der Waals surface area contributed by atoms with Gasteiger partial charge in [0.2, 0.25) is 0 Å². The molecule has 0 saturated carbocycles. The van der Waals surface area contributed by atoms with E-state index < -0.39 is 0 Å². The number of furan rings is 1. The lowest BCUT2D eigenvalue weighted by atomic mass is 10.2. The summed E-state index contributed by atoms with van der Waals surface area (Å²) in [7, 11) is 0. The number of aryl methyl sites for hydroxylation is 1. The Hall–Kier alpha value is -2.38. The van der Waals surface area contributed by atoms with E-state index in [0.717, 1.165) is 37.6 Å². The van der Waals surface area contributed by atoms with Crippen molar-refractivity contribution in [3.8, 4) is 11.7 Å². The predicted octanol–water partition coefficient (Wildman–Crippen LogP) is 2.34. The predicted molar refractivity (Wildman–Crippen MR) is 86.2 cm³/mol. The van der Waals surface area contributed by atoms with Gasteiger partial charge in [0.25, 0.3) is 5.89 Å². The molecular formula is C17H20N4O3. The summed E-state index contributed by atoms with van der Waals surface area (Å²) < 4.78 is 18.8. The molecule has 7 nitrogen and oxygen atoms in total. The average Bonchev–Trinajstić information content (AvgIpc) is 3.31. The maximum absolute atomic E-state index is 5.85. The van der Waals surface area contributed by atoms with Gasteiger partial charge in [-0.15, -0.1) is 0 Å². The maximum atomic E-state index is 5.85. The van der Waals surface area contributed by atoms with Gasteiger partial charge in [-0.05, 0) is 25.1 Å². The molecule has 7 heteroatoms. The summed E-state index contributed by atoms with van der Waals surface area (Å²) in [5.74, 6) is 2.02. The first-order valence-electron chi connectivity index (χ1n) is 8.09. The Morgan fingerprint density at radius 1 is 1.33 bits per heavy atom. The molecule has 0 spiro atoms. The van der Waals surface area contributed by atoms with Crippen LogP contribution >= 0.6 is 0 Å². The summed E-state index contributed by atoms with van der Waals surface area (Å²) in [6, 6.07) is 5.61. The Kier molecular flexibility index (Phi) is 4.18. The lowest BCUT2D eigenvalue weighted by Gasteiger charge is -2.32. The highest BCUT2D eigenvalue weighted by molar-refractivity contribution is 5.44. The molecule has 0 bridgehead atoms. The van der Waals surface area contributed by atoms with Crippen LogP contribution in [0.2, 0.25) is 0 Å². The van der Waals surface area contributed by atoms with Crippen LogP contribution in [0.3, 0.4) is 0 Å². The third-order valence-corrected chi connectivity index (χ3v) is 4.17. The fraction of sp³-hybridized carbons (Fsp3) is 0.412. The lowest BCUT2D eigenvalue weighted by molar-refractivity contribution is -0.0406. The van der Waals surface area contributed by atoms with E-state index in [1.165, 1.54) is 0 Å². The SMILES string of the molecule is Cc1oc(-c2ccco2)nc1CN1CCOC(Cn2cccn2)C1. The second-order valence-electron chi connectivity index (χ2n) is 5.96. The van der Waals surface area contributed by atoms with Gasteiger partial charge < -0.3 is 13.6 Å². The first kappa shape index (κ1) is 15.2. The zero-order valence-corrected chi connectivity index (χ0v) is 13.6. The van der Waals surface area contributed by atoms with E-state index in [9.17, 15) is 0 Å². The molecule has 1 aliphatic rings. The summed E-state index contributed by atoms with van der Waals surface area (Å²) in [6.07, 6.45) is 5.50. The van der Waals surface area contributed by atoms with Crippen LogP contribution in [0.4, 0.5) is 0 Å². The molecular weight excluding hydrogens is 308 g/mol. The van der Waals surface area contributed by atoms with Crippen LogP contribution in [0.25, 0.3) is 11.7 Å². The van der Waals surface area contributed by atoms with Crippen LogP contribution in [0.5, 0.6) is 0 Å². The van der Waals surface area contributed by atoms with Gasteiger partial charge in [-0.2, -0.15) is 5.10 Å². The highest BCUT2D eigenvalue weighted by Crippen LogP contribution is 2.23. The number of rotatable bonds is 5. The fourth-order valence-electron chi connectivity index (χ4n) is 2.94. The molecule has 126 valence electrons. The largest absolute Gasteiger partial charge is 0.459 e. The minimum atomic E-state index is 0.135. The van der Waals surface area contributed by atoms with Gasteiger partial charge in [-0.1, -0.05) is 0 Å². The van der Waals surface area contributed by atoms with Crippen LogP contribution in [-0.2, 0) is 17.8 Å². The molecule has 1 saturated heterocycles. The number of hydrogen-bond acceptors (Lipinski definition) is 6. The van der Waals surface area contributed by atoms with Crippen LogP contribution in [0.15, 0.2) is 45.7 Å². The molecule has 0 aromatic carbocycles. The van der Waals surface area contributed by atoms with Crippen molar-refractivity contribution in [2.24, 2.45) is 0 Å². The number of morpholine rings is 1. The van der Waals surface area contributed by atoms with E-state index in [-0.39, 0.29) is 6.10 Å². The van der Waals surface area contributed by atoms with Crippen LogP contribution in [0, 0.1) is 6.92 Å². The number of hydrogen-bond donors (Lipinski definition) is 0. The van der Waals surface area contributed by atoms with Crippen molar-refractivity contribution in [3.05, 3.63) is 48.3 Å². The van der Waals surface area contributed by atoms with Crippen molar-refractivity contribution in [2.75, 3.05) is 19.7 Å². The summed E-state index contributed by atoms with van der Waals surface area (Å²) in [5.41, 5.74) is 0.945. The summed E-state index contributed by atoms with van der Waals surface area (Å²) >= 11 is 0. The Morgan fingerprint density at radius 2 is 2.29 bits per heavy atom. The highest BCUT2D eigenvalue weighted by atomic mass is 16.5. The number of aromatic nitrogens is 3. The van der Waals surface area contributed by atoms with Gasteiger partial charge in [0.1, 0.15) is 5.76 Å². The van der Waals surface area contributed by atoms with Gasteiger partial charge >= 0.3 is 0 Å². The molecule has 0 radical (unpaired) electrons. The molecule has 3 aromatic heterocycles. The Balaban J connectivity index is 1.41. The van der Waals surface area contributed by atoms with E-state index in [1.807, 2.05) is 36.0 Å². The maximum Gasteiger partial charge on any atom is 0.263 e. The van der Waals surface area contributed by atoms with Gasteiger partial charge in [-0.3, -0.25) is 9.58 Å². The number of ether oxygens (including phenoxy) is 1. The first-order chi connectivity index (χ1) is 11.8. The lowest BCUT2D eigenvalue weighted by Crippen LogP contribution is -2.43. The zero-order valence-electron chi connectivity index (χ0n) is 13.6. The fourth-order valence-corrected chi connectivity index (χ4v) is 2.94. The van der Waals surface area contributed by atoms with E-state index in [1.54, 1.807) is 12.5 Å². The summed E-state index contributed by atoms with van der Waals surface area (Å²) in [5, 5.41) is 4.25. The second kappa shape index (κ2) is 6.62. The molecule has 1 atom stereocenters. The third kappa shape index (κ3) is 3.27. The molecule has 3 aromatic rings. The van der Waals surface area contributed by atoms with Gasteiger partial charge in [-0.25, -0.2) is 4.98 Å². The van der Waals surface area contributed by atoms with Crippen LogP contribution in [-0.4, -0.2) is 45.5 Å². The first-order valence-corrected chi connectivity index (χ1v) is 8.09. The smallest absolute Gasteiger partial charge is 0.263 e. The summed E-state index contributed by atoms with van der Waals surface area (Å²) in [6.45, 7) is 5.90. The van der Waals surface area contributed by atoms with E-state index >= 15 is 0 Å². The van der Waals surface area contributed by atoms with Crippen molar-refractivity contribution in [2.45, 2.75) is 26.1 Å². The standard InChI is InChI=1S/C17H20N4O3/c1-13-15(19-17(24-13)16-4-2-8-23-16)12-20-7-9-22-14(10-20)11-21-6-3-5-18-21/h2-6,8,14H,7,9-12H2,1H3. The van der Waals surface area contributed by atoms with Crippen LogP contribution in [0.1, 0.15) is 11.5 Å². The molecule has 1 fully saturated rings. The highest BCUT2D eigenvalue weighted by Gasteiger charge is 2.23. The zero-order chi connectivity index (χ0) is 16.4. The van der Waals surface area contributed by atoms with Crippen molar-refractivity contribution in [1.29, 1.82) is 0 Å². The molecule has 0 amide bonds. The van der Waals surface area contributed by atoms with E-state index in [2.05, 4.69) is 15.0 Å². The molecule has 24 heavy (non-hydrogen) atoms. The number of nitrogens with zero attached hydrogens (tertiary/aromatic N) is 4. The molecule has 0 aliphatic carbocycles. The van der Waals surface area contributed by atoms with E-state index in [0.29, 0.717) is 18.3 Å². The molecule has 1 unspecified atom stereocenters. The van der Waals surface area contributed by atoms with Crippen LogP contribution < -0.4 is 0 Å². The van der Waals surface area contributed by atoms with Crippen molar-refractivity contribution >= 4 is 0 Å². The van der Waals surface area contributed by atoms with Gasteiger partial charge in [0.05, 0.1) is 31.2 Å². The third-order valence-electron chi connectivity index (χ3n) is 4.17. The number of oxazole rings is 1. The Labute approximate surface area is 139 Å². The molecule has 0 N–H and O–H groups in total. The minimum Gasteiger partial charge on any atom is -0.459 e.